The maximum atomic E-state index is 12.7. The summed E-state index contributed by atoms with van der Waals surface area (Å²) in [5, 5.41) is 0. The lowest BCUT2D eigenvalue weighted by Crippen LogP contribution is -2.42. The molecule has 1 aliphatic rings. The number of nitrogens with zero attached hydrogens (tertiary/aromatic N) is 1. The van der Waals surface area contributed by atoms with Gasteiger partial charge in [-0.05, 0) is 50.4 Å². The standard InChI is InChI=1S/C18H26F3NO3S/c1-4-11-22(12-5-2)15-10-9-14-7-6-8-16(17(14)13(15)3)25-26(23,24)18(19,20)21/h6-8,13,15H,4-5,9-12H2,1-3H3. The molecule has 0 radical (unpaired) electrons. The average molecular weight is 393 g/mol. The Hall–Kier alpha value is -1.28. The summed E-state index contributed by atoms with van der Waals surface area (Å²) >= 11 is 0. The predicted molar refractivity (Wildman–Crippen MR) is 94.7 cm³/mol. The molecule has 1 aliphatic carbocycles. The Labute approximate surface area is 153 Å². The molecule has 1 aromatic carbocycles. The van der Waals surface area contributed by atoms with E-state index < -0.39 is 15.6 Å². The van der Waals surface area contributed by atoms with Crippen molar-refractivity contribution in [3.05, 3.63) is 29.3 Å². The Morgan fingerprint density at radius 3 is 2.35 bits per heavy atom. The van der Waals surface area contributed by atoms with Gasteiger partial charge >= 0.3 is 15.6 Å². The molecule has 0 heterocycles. The molecule has 0 saturated heterocycles. The highest BCUT2D eigenvalue weighted by atomic mass is 32.2. The topological polar surface area (TPSA) is 46.6 Å². The molecule has 0 aliphatic heterocycles. The summed E-state index contributed by atoms with van der Waals surface area (Å²) in [6.07, 6.45) is 3.55. The van der Waals surface area contributed by atoms with Gasteiger partial charge in [0.05, 0.1) is 0 Å². The number of hydrogen-bond donors (Lipinski definition) is 0. The smallest absolute Gasteiger partial charge is 0.376 e. The number of halogens is 3. The summed E-state index contributed by atoms with van der Waals surface area (Å²) in [7, 11) is -5.68. The maximum Gasteiger partial charge on any atom is 0.534 e. The van der Waals surface area contributed by atoms with Crippen molar-refractivity contribution in [3.8, 4) is 5.75 Å². The van der Waals surface area contributed by atoms with Crippen LogP contribution in [0.25, 0.3) is 0 Å². The van der Waals surface area contributed by atoms with Crippen LogP contribution in [0.5, 0.6) is 5.75 Å². The van der Waals surface area contributed by atoms with Gasteiger partial charge in [-0.1, -0.05) is 32.9 Å². The van der Waals surface area contributed by atoms with E-state index in [0.29, 0.717) is 12.0 Å². The van der Waals surface area contributed by atoms with E-state index in [9.17, 15) is 21.6 Å². The third-order valence-electron chi connectivity index (χ3n) is 4.87. The van der Waals surface area contributed by atoms with Crippen LogP contribution in [0.2, 0.25) is 0 Å². The Bertz CT molecular complexity index is 713. The fraction of sp³-hybridized carbons (Fsp3) is 0.667. The van der Waals surface area contributed by atoms with E-state index in [1.54, 1.807) is 6.07 Å². The van der Waals surface area contributed by atoms with Gasteiger partial charge in [-0.15, -0.1) is 0 Å². The SMILES string of the molecule is CCCN(CCC)C1CCc2cccc(OS(=O)(=O)C(F)(F)F)c2C1C. The molecule has 0 aromatic heterocycles. The zero-order valence-corrected chi connectivity index (χ0v) is 16.2. The van der Waals surface area contributed by atoms with Gasteiger partial charge in [0.15, 0.2) is 0 Å². The summed E-state index contributed by atoms with van der Waals surface area (Å²) in [6.45, 7) is 7.93. The van der Waals surface area contributed by atoms with Crippen LogP contribution in [0.4, 0.5) is 13.2 Å². The molecule has 0 saturated carbocycles. The highest BCUT2D eigenvalue weighted by molar-refractivity contribution is 7.88. The summed E-state index contributed by atoms with van der Waals surface area (Å²) in [6, 6.07) is 4.84. The van der Waals surface area contributed by atoms with Crippen LogP contribution in [-0.4, -0.2) is 38.0 Å². The molecule has 2 atom stereocenters. The first-order valence-electron chi connectivity index (χ1n) is 8.99. The fourth-order valence-electron chi connectivity index (χ4n) is 3.82. The molecule has 0 bridgehead atoms. The van der Waals surface area contributed by atoms with Crippen LogP contribution in [0.1, 0.15) is 57.1 Å². The molecule has 1 aromatic rings. The first kappa shape index (κ1) is 21.0. The van der Waals surface area contributed by atoms with Crippen LogP contribution in [0.15, 0.2) is 18.2 Å². The summed E-state index contributed by atoms with van der Waals surface area (Å²) in [5.74, 6) is -0.318. The third kappa shape index (κ3) is 4.34. The van der Waals surface area contributed by atoms with Crippen molar-refractivity contribution in [1.29, 1.82) is 0 Å². The number of benzene rings is 1. The normalized spacial score (nSPS) is 20.9. The second kappa shape index (κ2) is 8.17. The lowest BCUT2D eigenvalue weighted by atomic mass is 9.79. The zero-order chi connectivity index (χ0) is 19.5. The minimum absolute atomic E-state index is 0.114. The molecule has 0 amide bonds. The Morgan fingerprint density at radius 2 is 1.81 bits per heavy atom. The number of fused-ring (bicyclic) bond motifs is 1. The highest BCUT2D eigenvalue weighted by Crippen LogP contribution is 2.41. The summed E-state index contributed by atoms with van der Waals surface area (Å²) in [4.78, 5) is 2.35. The van der Waals surface area contributed by atoms with Gasteiger partial charge in [-0.3, -0.25) is 4.90 Å². The molecule has 0 fully saturated rings. The van der Waals surface area contributed by atoms with Gasteiger partial charge < -0.3 is 4.18 Å². The van der Waals surface area contributed by atoms with Crippen LogP contribution in [0.3, 0.4) is 0 Å². The van der Waals surface area contributed by atoms with Crippen LogP contribution in [0, 0.1) is 0 Å². The van der Waals surface area contributed by atoms with Gasteiger partial charge in [0.25, 0.3) is 0 Å². The van der Waals surface area contributed by atoms with Crippen LogP contribution >= 0.6 is 0 Å². The molecular formula is C18H26F3NO3S. The van der Waals surface area contributed by atoms with Crippen molar-refractivity contribution in [1.82, 2.24) is 4.90 Å². The van der Waals surface area contributed by atoms with E-state index in [0.717, 1.165) is 37.9 Å². The first-order valence-corrected chi connectivity index (χ1v) is 10.4. The van der Waals surface area contributed by atoms with Crippen molar-refractivity contribution < 1.29 is 25.8 Å². The minimum atomic E-state index is -5.68. The molecule has 0 N–H and O–H groups in total. The maximum absolute atomic E-state index is 12.7. The van der Waals surface area contributed by atoms with E-state index in [4.69, 9.17) is 0 Å². The van der Waals surface area contributed by atoms with Crippen molar-refractivity contribution >= 4 is 10.1 Å². The lowest BCUT2D eigenvalue weighted by Gasteiger charge is -2.40. The number of hydrogen-bond acceptors (Lipinski definition) is 4. The van der Waals surface area contributed by atoms with Gasteiger partial charge in [-0.2, -0.15) is 21.6 Å². The van der Waals surface area contributed by atoms with Crippen molar-refractivity contribution in [2.75, 3.05) is 13.1 Å². The molecule has 0 spiro atoms. The molecule has 4 nitrogen and oxygen atoms in total. The van der Waals surface area contributed by atoms with E-state index in [-0.39, 0.29) is 17.7 Å². The van der Waals surface area contributed by atoms with Crippen molar-refractivity contribution in [2.45, 2.75) is 63.9 Å². The van der Waals surface area contributed by atoms with Crippen molar-refractivity contribution in [3.63, 3.8) is 0 Å². The fourth-order valence-corrected chi connectivity index (χ4v) is 4.30. The second-order valence-electron chi connectivity index (χ2n) is 6.74. The largest absolute Gasteiger partial charge is 0.534 e. The lowest BCUT2D eigenvalue weighted by molar-refractivity contribution is -0.0500. The zero-order valence-electron chi connectivity index (χ0n) is 15.3. The molecule has 2 rings (SSSR count). The van der Waals surface area contributed by atoms with E-state index >= 15 is 0 Å². The van der Waals surface area contributed by atoms with Crippen molar-refractivity contribution in [2.24, 2.45) is 0 Å². The molecule has 8 heteroatoms. The summed E-state index contributed by atoms with van der Waals surface area (Å²) in [5.41, 5.74) is -4.01. The van der Waals surface area contributed by atoms with Crippen LogP contribution < -0.4 is 4.18 Å². The second-order valence-corrected chi connectivity index (χ2v) is 8.28. The van der Waals surface area contributed by atoms with Gasteiger partial charge in [0, 0.05) is 17.5 Å². The molecule has 26 heavy (non-hydrogen) atoms. The number of alkyl halides is 3. The van der Waals surface area contributed by atoms with E-state index in [1.165, 1.54) is 6.07 Å². The van der Waals surface area contributed by atoms with Crippen LogP contribution in [-0.2, 0) is 16.5 Å². The number of rotatable bonds is 7. The summed E-state index contributed by atoms with van der Waals surface area (Å²) < 4.78 is 65.7. The molecule has 148 valence electrons. The van der Waals surface area contributed by atoms with E-state index in [2.05, 4.69) is 22.9 Å². The monoisotopic (exact) mass is 393 g/mol. The molecule has 2 unspecified atom stereocenters. The van der Waals surface area contributed by atoms with Gasteiger partial charge in [-0.25, -0.2) is 0 Å². The van der Waals surface area contributed by atoms with E-state index in [1.807, 2.05) is 13.0 Å². The first-order chi connectivity index (χ1) is 12.1. The Morgan fingerprint density at radius 1 is 1.19 bits per heavy atom. The quantitative estimate of drug-likeness (QED) is 0.507. The number of aryl methyl sites for hydroxylation is 1. The Balaban J connectivity index is 2.39. The Kier molecular flexibility index (Phi) is 6.60. The minimum Gasteiger partial charge on any atom is -0.376 e. The van der Waals surface area contributed by atoms with Gasteiger partial charge in [0.1, 0.15) is 5.75 Å². The predicted octanol–water partition coefficient (Wildman–Crippen LogP) is 4.46. The molecular weight excluding hydrogens is 367 g/mol. The van der Waals surface area contributed by atoms with Gasteiger partial charge in [0.2, 0.25) is 0 Å². The average Bonchev–Trinajstić information content (AvgIpc) is 2.54. The third-order valence-corrected chi connectivity index (χ3v) is 5.84. The highest BCUT2D eigenvalue weighted by Gasteiger charge is 2.49.